The predicted molar refractivity (Wildman–Crippen MR) is 69.2 cm³/mol. The van der Waals surface area contributed by atoms with Gasteiger partial charge in [0.1, 0.15) is 0 Å². The topological polar surface area (TPSA) is 46.2 Å². The summed E-state index contributed by atoms with van der Waals surface area (Å²) in [5.41, 5.74) is 0. The molecule has 0 bridgehead atoms. The van der Waals surface area contributed by atoms with E-state index < -0.39 is 10.0 Å². The van der Waals surface area contributed by atoms with Gasteiger partial charge in [-0.3, -0.25) is 0 Å². The number of alkyl halides is 1. The molecule has 0 atom stereocenters. The van der Waals surface area contributed by atoms with Gasteiger partial charge in [0.05, 0.1) is 4.90 Å². The van der Waals surface area contributed by atoms with E-state index in [-0.39, 0.29) is 11.4 Å². The normalized spacial score (nSPS) is 12.1. The Morgan fingerprint density at radius 1 is 1.31 bits per heavy atom. The monoisotopic (exact) mass is 323 g/mol. The van der Waals surface area contributed by atoms with Gasteiger partial charge in [-0.25, -0.2) is 13.1 Å². The summed E-state index contributed by atoms with van der Waals surface area (Å²) in [5.74, 6) is 0.372. The Morgan fingerprint density at radius 2 is 2.00 bits per heavy atom. The zero-order valence-corrected chi connectivity index (χ0v) is 11.5. The lowest BCUT2D eigenvalue weighted by atomic mass is 10.4. The molecule has 0 amide bonds. The smallest absolute Gasteiger partial charge is 0.207 e. The number of benzene rings is 1. The van der Waals surface area contributed by atoms with Crippen molar-refractivity contribution in [3.8, 4) is 0 Å². The molecule has 6 heteroatoms. The zero-order valence-electron chi connectivity index (χ0n) is 8.36. The standard InChI is InChI=1S/C10H11BrClNO2S/c11-9-5-1-2-6-10(9)16(14,15)13-8-4-3-7-12/h1-6,13H,7-8H2/b4-3+. The first-order chi connectivity index (χ1) is 7.58. The van der Waals surface area contributed by atoms with E-state index in [1.54, 1.807) is 30.4 Å². The maximum Gasteiger partial charge on any atom is 0.241 e. The number of sulfonamides is 1. The van der Waals surface area contributed by atoms with Crippen molar-refractivity contribution >= 4 is 37.6 Å². The van der Waals surface area contributed by atoms with Crippen molar-refractivity contribution in [3.05, 3.63) is 40.9 Å². The van der Waals surface area contributed by atoms with Gasteiger partial charge in [-0.2, -0.15) is 0 Å². The summed E-state index contributed by atoms with van der Waals surface area (Å²) < 4.78 is 26.6. The molecule has 0 saturated carbocycles. The van der Waals surface area contributed by atoms with Crippen molar-refractivity contribution in [3.63, 3.8) is 0 Å². The first kappa shape index (κ1) is 13.7. The van der Waals surface area contributed by atoms with Crippen LogP contribution in [-0.4, -0.2) is 20.8 Å². The van der Waals surface area contributed by atoms with E-state index >= 15 is 0 Å². The molecule has 16 heavy (non-hydrogen) atoms. The number of hydrogen-bond acceptors (Lipinski definition) is 2. The van der Waals surface area contributed by atoms with Crippen LogP contribution in [0.5, 0.6) is 0 Å². The second-order valence-electron chi connectivity index (χ2n) is 2.91. The Bertz CT molecular complexity index is 473. The minimum absolute atomic E-state index is 0.231. The van der Waals surface area contributed by atoms with Crippen molar-refractivity contribution < 1.29 is 8.42 Å². The molecule has 88 valence electrons. The van der Waals surface area contributed by atoms with Crippen LogP contribution in [0.15, 0.2) is 45.8 Å². The summed E-state index contributed by atoms with van der Waals surface area (Å²) in [7, 11) is -3.46. The van der Waals surface area contributed by atoms with Gasteiger partial charge in [0, 0.05) is 16.9 Å². The highest BCUT2D eigenvalue weighted by molar-refractivity contribution is 9.10. The average Bonchev–Trinajstić information content (AvgIpc) is 2.25. The third kappa shape index (κ3) is 3.90. The number of nitrogens with one attached hydrogen (secondary N) is 1. The van der Waals surface area contributed by atoms with E-state index in [9.17, 15) is 8.42 Å². The number of rotatable bonds is 5. The molecular formula is C10H11BrClNO2S. The van der Waals surface area contributed by atoms with Gasteiger partial charge in [-0.05, 0) is 28.1 Å². The summed E-state index contributed by atoms with van der Waals surface area (Å²) in [6.07, 6.45) is 3.35. The maximum absolute atomic E-state index is 11.8. The zero-order chi connectivity index (χ0) is 12.0. The largest absolute Gasteiger partial charge is 0.241 e. The van der Waals surface area contributed by atoms with E-state index in [2.05, 4.69) is 20.7 Å². The summed E-state index contributed by atoms with van der Waals surface area (Å²) in [6.45, 7) is 0.233. The first-order valence-corrected chi connectivity index (χ1v) is 7.34. The minimum Gasteiger partial charge on any atom is -0.207 e. The van der Waals surface area contributed by atoms with Crippen LogP contribution < -0.4 is 4.72 Å². The molecule has 0 spiro atoms. The Labute approximate surface area is 109 Å². The molecule has 0 fully saturated rings. The van der Waals surface area contributed by atoms with Crippen LogP contribution in [0.1, 0.15) is 0 Å². The van der Waals surface area contributed by atoms with Gasteiger partial charge >= 0.3 is 0 Å². The summed E-state index contributed by atoms with van der Waals surface area (Å²) in [4.78, 5) is 0.231. The molecule has 0 aliphatic rings. The van der Waals surface area contributed by atoms with Crippen molar-refractivity contribution in [1.82, 2.24) is 4.72 Å². The van der Waals surface area contributed by atoms with Gasteiger partial charge < -0.3 is 0 Å². The van der Waals surface area contributed by atoms with E-state index in [0.29, 0.717) is 10.4 Å². The molecule has 0 saturated heterocycles. The quantitative estimate of drug-likeness (QED) is 0.668. The fraction of sp³-hybridized carbons (Fsp3) is 0.200. The minimum atomic E-state index is -3.46. The highest BCUT2D eigenvalue weighted by Crippen LogP contribution is 2.20. The molecule has 0 aromatic heterocycles. The van der Waals surface area contributed by atoms with Gasteiger partial charge in [-0.15, -0.1) is 11.6 Å². The van der Waals surface area contributed by atoms with E-state index in [1.807, 2.05) is 0 Å². The molecule has 1 aromatic rings. The van der Waals surface area contributed by atoms with Crippen molar-refractivity contribution in [2.24, 2.45) is 0 Å². The molecule has 0 heterocycles. The number of halogens is 2. The molecule has 1 N–H and O–H groups in total. The number of hydrogen-bond donors (Lipinski definition) is 1. The van der Waals surface area contributed by atoms with Crippen molar-refractivity contribution in [2.75, 3.05) is 12.4 Å². The fourth-order valence-electron chi connectivity index (χ4n) is 1.04. The average molecular weight is 325 g/mol. The lowest BCUT2D eigenvalue weighted by Gasteiger charge is -2.06. The highest BCUT2D eigenvalue weighted by Gasteiger charge is 2.15. The maximum atomic E-state index is 11.8. The molecular weight excluding hydrogens is 314 g/mol. The van der Waals surface area contributed by atoms with Crippen LogP contribution in [0.4, 0.5) is 0 Å². The van der Waals surface area contributed by atoms with Crippen molar-refractivity contribution in [2.45, 2.75) is 4.90 Å². The number of allylic oxidation sites excluding steroid dienone is 1. The van der Waals surface area contributed by atoms with Crippen LogP contribution >= 0.6 is 27.5 Å². The van der Waals surface area contributed by atoms with Gasteiger partial charge in [0.2, 0.25) is 10.0 Å². The van der Waals surface area contributed by atoms with E-state index in [1.165, 1.54) is 6.07 Å². The van der Waals surface area contributed by atoms with Crippen LogP contribution in [0.25, 0.3) is 0 Å². The molecule has 0 unspecified atom stereocenters. The van der Waals surface area contributed by atoms with Gasteiger partial charge in [0.15, 0.2) is 0 Å². The second-order valence-corrected chi connectivity index (χ2v) is 5.81. The van der Waals surface area contributed by atoms with Crippen molar-refractivity contribution in [1.29, 1.82) is 0 Å². The summed E-state index contributed by atoms with van der Waals surface area (Å²) in [5, 5.41) is 0. The van der Waals surface area contributed by atoms with Gasteiger partial charge in [0.25, 0.3) is 0 Å². The lowest BCUT2D eigenvalue weighted by Crippen LogP contribution is -2.24. The van der Waals surface area contributed by atoms with E-state index in [0.717, 1.165) is 0 Å². The van der Waals surface area contributed by atoms with Crippen LogP contribution in [-0.2, 0) is 10.0 Å². The Kier molecular flexibility index (Phi) is 5.48. The lowest BCUT2D eigenvalue weighted by molar-refractivity contribution is 0.585. The highest BCUT2D eigenvalue weighted by atomic mass is 79.9. The molecule has 0 aliphatic carbocycles. The predicted octanol–water partition coefficient (Wildman–Crippen LogP) is 2.52. The SMILES string of the molecule is O=S(=O)(NC/C=C/CCl)c1ccccc1Br. The van der Waals surface area contributed by atoms with Gasteiger partial charge in [-0.1, -0.05) is 24.3 Å². The Morgan fingerprint density at radius 3 is 2.62 bits per heavy atom. The molecule has 1 rings (SSSR count). The molecule has 3 nitrogen and oxygen atoms in total. The third-order valence-corrected chi connectivity index (χ3v) is 4.39. The first-order valence-electron chi connectivity index (χ1n) is 4.53. The van der Waals surface area contributed by atoms with Crippen LogP contribution in [0.2, 0.25) is 0 Å². The second kappa shape index (κ2) is 6.39. The Balaban J connectivity index is 2.79. The van der Waals surface area contributed by atoms with Crippen LogP contribution in [0.3, 0.4) is 0 Å². The molecule has 0 radical (unpaired) electrons. The summed E-state index contributed by atoms with van der Waals surface area (Å²) >= 11 is 8.62. The third-order valence-electron chi connectivity index (χ3n) is 1.77. The van der Waals surface area contributed by atoms with Crippen LogP contribution in [0, 0.1) is 0 Å². The molecule has 1 aromatic carbocycles. The molecule has 0 aliphatic heterocycles. The fourth-order valence-corrected chi connectivity index (χ4v) is 3.15. The summed E-state index contributed by atoms with van der Waals surface area (Å²) in [6, 6.07) is 6.66. The Hall–Kier alpha value is -0.360. The van der Waals surface area contributed by atoms with E-state index in [4.69, 9.17) is 11.6 Å².